The number of imidazole rings is 1. The van der Waals surface area contributed by atoms with Crippen molar-refractivity contribution in [3.05, 3.63) is 18.2 Å². The van der Waals surface area contributed by atoms with Gasteiger partial charge < -0.3 is 9.30 Å². The molecule has 1 saturated carbocycles. The maximum absolute atomic E-state index is 5.97. The van der Waals surface area contributed by atoms with Gasteiger partial charge in [0.25, 0.3) is 0 Å². The fraction of sp³-hybridized carbons (Fsp3) is 0.800. The molecule has 0 aliphatic heterocycles. The predicted octanol–water partition coefficient (Wildman–Crippen LogP) is 2.54. The predicted molar refractivity (Wildman–Crippen MR) is 80.0 cm³/mol. The number of methoxy groups -OCH3 is 1. The van der Waals surface area contributed by atoms with Gasteiger partial charge in [0.05, 0.1) is 5.60 Å². The fourth-order valence-electron chi connectivity index (χ4n) is 3.41. The third kappa shape index (κ3) is 3.05. The highest BCUT2D eigenvalue weighted by molar-refractivity contribution is 5.08. The lowest BCUT2D eigenvalue weighted by molar-refractivity contribution is -0.0570. The monoisotopic (exact) mass is 280 g/mol. The van der Waals surface area contributed by atoms with E-state index in [4.69, 9.17) is 10.6 Å². The van der Waals surface area contributed by atoms with Crippen LogP contribution in [0.5, 0.6) is 0 Å². The molecule has 0 spiro atoms. The van der Waals surface area contributed by atoms with Gasteiger partial charge in [0, 0.05) is 26.0 Å². The van der Waals surface area contributed by atoms with E-state index in [0.717, 1.165) is 31.6 Å². The lowest BCUT2D eigenvalue weighted by Gasteiger charge is -2.38. The van der Waals surface area contributed by atoms with Crippen LogP contribution in [0, 0.1) is 0 Å². The van der Waals surface area contributed by atoms with Gasteiger partial charge >= 0.3 is 0 Å². The third-order valence-corrected chi connectivity index (χ3v) is 4.52. The summed E-state index contributed by atoms with van der Waals surface area (Å²) in [6, 6.07) is -0.0489. The first kappa shape index (κ1) is 15.5. The summed E-state index contributed by atoms with van der Waals surface area (Å²) in [6.07, 6.45) is 12.0. The minimum Gasteiger partial charge on any atom is -0.376 e. The number of nitrogens with zero attached hydrogens (tertiary/aromatic N) is 2. The van der Waals surface area contributed by atoms with Gasteiger partial charge in [-0.05, 0) is 19.3 Å². The lowest BCUT2D eigenvalue weighted by atomic mass is 9.85. The zero-order valence-corrected chi connectivity index (χ0v) is 12.8. The van der Waals surface area contributed by atoms with E-state index in [1.807, 2.05) is 19.5 Å². The van der Waals surface area contributed by atoms with Crippen molar-refractivity contribution >= 4 is 0 Å². The number of hydrogen-bond acceptors (Lipinski definition) is 4. The Bertz CT molecular complexity index is 396. The van der Waals surface area contributed by atoms with Crippen LogP contribution in [0.25, 0.3) is 0 Å². The largest absolute Gasteiger partial charge is 0.376 e. The van der Waals surface area contributed by atoms with Crippen LogP contribution in [0.15, 0.2) is 12.4 Å². The third-order valence-electron chi connectivity index (χ3n) is 4.52. The first-order valence-corrected chi connectivity index (χ1v) is 7.79. The normalized spacial score (nSPS) is 20.6. The number of aryl methyl sites for hydroxylation is 1. The van der Waals surface area contributed by atoms with Gasteiger partial charge in [0.15, 0.2) is 0 Å². The Balaban J connectivity index is 2.30. The van der Waals surface area contributed by atoms with Gasteiger partial charge in [-0.15, -0.1) is 0 Å². The molecular weight excluding hydrogens is 252 g/mol. The number of ether oxygens (including phenoxy) is 1. The molecule has 0 bridgehead atoms. The quantitative estimate of drug-likeness (QED) is 0.477. The number of aromatic nitrogens is 2. The van der Waals surface area contributed by atoms with E-state index in [1.54, 1.807) is 0 Å². The fourth-order valence-corrected chi connectivity index (χ4v) is 3.41. The molecule has 2 rings (SSSR count). The molecule has 5 nitrogen and oxygen atoms in total. The summed E-state index contributed by atoms with van der Waals surface area (Å²) in [5.74, 6) is 6.89. The van der Waals surface area contributed by atoms with Gasteiger partial charge in [0.2, 0.25) is 0 Å². The van der Waals surface area contributed by atoms with Crippen LogP contribution >= 0.6 is 0 Å². The van der Waals surface area contributed by atoms with Crippen LogP contribution in [0.4, 0.5) is 0 Å². The second-order valence-corrected chi connectivity index (χ2v) is 5.76. The first-order chi connectivity index (χ1) is 9.77. The zero-order valence-electron chi connectivity index (χ0n) is 12.8. The van der Waals surface area contributed by atoms with E-state index < -0.39 is 0 Å². The Kier molecular flexibility index (Phi) is 5.57. The van der Waals surface area contributed by atoms with E-state index in [-0.39, 0.29) is 11.6 Å². The Morgan fingerprint density at radius 1 is 1.40 bits per heavy atom. The lowest BCUT2D eigenvalue weighted by Crippen LogP contribution is -2.49. The Hall–Kier alpha value is -0.910. The van der Waals surface area contributed by atoms with Crippen molar-refractivity contribution in [2.24, 2.45) is 5.84 Å². The number of nitrogens with one attached hydrogen (secondary N) is 1. The van der Waals surface area contributed by atoms with Crippen LogP contribution in [0.1, 0.15) is 63.7 Å². The van der Waals surface area contributed by atoms with Crippen LogP contribution < -0.4 is 11.3 Å². The molecule has 1 aliphatic rings. The van der Waals surface area contributed by atoms with Crippen LogP contribution in [0.2, 0.25) is 0 Å². The van der Waals surface area contributed by atoms with E-state index in [0.29, 0.717) is 0 Å². The molecule has 1 atom stereocenters. The smallest absolute Gasteiger partial charge is 0.130 e. The maximum Gasteiger partial charge on any atom is 0.130 e. The number of nitrogens with two attached hydrogens (primary N) is 1. The highest BCUT2D eigenvalue weighted by atomic mass is 16.5. The van der Waals surface area contributed by atoms with Gasteiger partial charge in [-0.2, -0.15) is 0 Å². The van der Waals surface area contributed by atoms with Crippen molar-refractivity contribution in [1.82, 2.24) is 15.0 Å². The number of hydrogen-bond donors (Lipinski definition) is 2. The maximum atomic E-state index is 5.97. The van der Waals surface area contributed by atoms with Crippen LogP contribution in [0.3, 0.4) is 0 Å². The molecule has 1 aromatic rings. The van der Waals surface area contributed by atoms with Gasteiger partial charge in [0.1, 0.15) is 11.9 Å². The van der Waals surface area contributed by atoms with Crippen molar-refractivity contribution in [1.29, 1.82) is 0 Å². The minimum absolute atomic E-state index is 0.0489. The van der Waals surface area contributed by atoms with Crippen molar-refractivity contribution in [3.63, 3.8) is 0 Å². The summed E-state index contributed by atoms with van der Waals surface area (Å²) in [4.78, 5) is 4.55. The van der Waals surface area contributed by atoms with Gasteiger partial charge in [-0.3, -0.25) is 5.84 Å². The highest BCUT2D eigenvalue weighted by Gasteiger charge is 2.41. The highest BCUT2D eigenvalue weighted by Crippen LogP contribution is 2.39. The Morgan fingerprint density at radius 2 is 2.10 bits per heavy atom. The molecule has 0 saturated heterocycles. The molecule has 1 aliphatic carbocycles. The first-order valence-electron chi connectivity index (χ1n) is 7.79. The zero-order chi connectivity index (χ0) is 14.4. The molecule has 1 unspecified atom stereocenters. The average molecular weight is 280 g/mol. The van der Waals surface area contributed by atoms with Crippen molar-refractivity contribution in [2.75, 3.05) is 7.11 Å². The van der Waals surface area contributed by atoms with Gasteiger partial charge in [-0.1, -0.05) is 32.6 Å². The summed E-state index contributed by atoms with van der Waals surface area (Å²) in [5.41, 5.74) is 2.75. The molecule has 0 amide bonds. The Morgan fingerprint density at radius 3 is 2.65 bits per heavy atom. The van der Waals surface area contributed by atoms with Crippen molar-refractivity contribution < 1.29 is 4.74 Å². The second kappa shape index (κ2) is 7.20. The van der Waals surface area contributed by atoms with Crippen molar-refractivity contribution in [2.45, 2.75) is 70.1 Å². The molecule has 3 N–H and O–H groups in total. The molecule has 20 heavy (non-hydrogen) atoms. The molecule has 1 aromatic heterocycles. The molecular formula is C15H28N4O. The Labute approximate surface area is 121 Å². The number of hydrazine groups is 1. The topological polar surface area (TPSA) is 65.1 Å². The van der Waals surface area contributed by atoms with E-state index in [1.165, 1.54) is 25.7 Å². The van der Waals surface area contributed by atoms with E-state index in [9.17, 15) is 0 Å². The summed E-state index contributed by atoms with van der Waals surface area (Å²) in [7, 11) is 1.81. The summed E-state index contributed by atoms with van der Waals surface area (Å²) < 4.78 is 8.16. The van der Waals surface area contributed by atoms with E-state index >= 15 is 0 Å². The summed E-state index contributed by atoms with van der Waals surface area (Å²) in [6.45, 7) is 3.14. The van der Waals surface area contributed by atoms with Gasteiger partial charge in [-0.25, -0.2) is 10.4 Å². The number of rotatable bonds is 6. The average Bonchev–Trinajstić information content (AvgIpc) is 2.77. The summed E-state index contributed by atoms with van der Waals surface area (Å²) >= 11 is 0. The molecule has 0 radical (unpaired) electrons. The molecule has 1 heterocycles. The molecule has 1 fully saturated rings. The van der Waals surface area contributed by atoms with Crippen LogP contribution in [-0.2, 0) is 11.3 Å². The molecule has 0 aromatic carbocycles. The SMILES string of the molecule is CCCn1ccnc1C(NN)C1(OC)CCCCCC1. The van der Waals surface area contributed by atoms with E-state index in [2.05, 4.69) is 21.9 Å². The molecule has 114 valence electrons. The van der Waals surface area contributed by atoms with Crippen molar-refractivity contribution in [3.8, 4) is 0 Å². The molecule has 5 heteroatoms. The minimum atomic E-state index is -0.234. The summed E-state index contributed by atoms with van der Waals surface area (Å²) in [5, 5.41) is 0. The standard InChI is InChI=1S/C15H28N4O/c1-3-11-19-12-10-17-14(19)13(18-16)15(20-2)8-6-4-5-7-9-15/h10,12-13,18H,3-9,11,16H2,1-2H3. The van der Waals surface area contributed by atoms with Crippen LogP contribution in [-0.4, -0.2) is 22.3 Å². The second-order valence-electron chi connectivity index (χ2n) is 5.76.